The third-order valence-electron chi connectivity index (χ3n) is 7.55. The van der Waals surface area contributed by atoms with Gasteiger partial charge in [0.05, 0.1) is 22.4 Å². The SMILES string of the molecule is CCCCCCCCCCCCCCCCCC1Nc2cc(S(=O)(=O)O)ccc2N1Cc1ccccc1. The summed E-state index contributed by atoms with van der Waals surface area (Å²) in [4.78, 5) is 2.26. The van der Waals surface area contributed by atoms with Crippen LogP contribution >= 0.6 is 0 Å². The van der Waals surface area contributed by atoms with E-state index >= 15 is 0 Å². The van der Waals surface area contributed by atoms with E-state index in [9.17, 15) is 13.0 Å². The van der Waals surface area contributed by atoms with E-state index in [0.717, 1.165) is 30.8 Å². The first-order chi connectivity index (χ1) is 18.0. The molecule has 0 saturated heterocycles. The van der Waals surface area contributed by atoms with Crippen LogP contribution in [0.25, 0.3) is 0 Å². The molecule has 37 heavy (non-hydrogen) atoms. The highest BCUT2D eigenvalue weighted by atomic mass is 32.2. The van der Waals surface area contributed by atoms with Crippen molar-refractivity contribution in [3.8, 4) is 0 Å². The molecule has 2 aromatic rings. The third-order valence-corrected chi connectivity index (χ3v) is 8.40. The van der Waals surface area contributed by atoms with Gasteiger partial charge in [-0.2, -0.15) is 8.42 Å². The van der Waals surface area contributed by atoms with Crippen molar-refractivity contribution in [2.45, 2.75) is 127 Å². The Morgan fingerprint density at radius 1 is 0.757 bits per heavy atom. The summed E-state index contributed by atoms with van der Waals surface area (Å²) < 4.78 is 32.7. The average Bonchev–Trinajstić information content (AvgIpc) is 3.23. The Hall–Kier alpha value is -2.05. The van der Waals surface area contributed by atoms with Gasteiger partial charge in [-0.1, -0.05) is 127 Å². The fraction of sp³-hybridized carbons (Fsp3) is 0.613. The Morgan fingerprint density at radius 2 is 1.30 bits per heavy atom. The highest BCUT2D eigenvalue weighted by Gasteiger charge is 2.29. The molecule has 3 rings (SSSR count). The van der Waals surface area contributed by atoms with Crippen molar-refractivity contribution in [3.05, 3.63) is 54.1 Å². The lowest BCUT2D eigenvalue weighted by molar-refractivity contribution is 0.483. The fourth-order valence-corrected chi connectivity index (χ4v) is 5.89. The smallest absolute Gasteiger partial charge is 0.294 e. The van der Waals surface area contributed by atoms with Gasteiger partial charge in [0.15, 0.2) is 0 Å². The van der Waals surface area contributed by atoms with Gasteiger partial charge in [-0.25, -0.2) is 0 Å². The lowest BCUT2D eigenvalue weighted by Gasteiger charge is -2.27. The average molecular weight is 529 g/mol. The molecule has 5 nitrogen and oxygen atoms in total. The molecule has 0 amide bonds. The van der Waals surface area contributed by atoms with Gasteiger partial charge < -0.3 is 10.2 Å². The molecule has 0 aliphatic carbocycles. The van der Waals surface area contributed by atoms with E-state index in [2.05, 4.69) is 29.3 Å². The maximum Gasteiger partial charge on any atom is 0.294 e. The van der Waals surface area contributed by atoms with Gasteiger partial charge in [0, 0.05) is 6.54 Å². The molecule has 1 aliphatic heterocycles. The van der Waals surface area contributed by atoms with Crippen LogP contribution in [0, 0.1) is 0 Å². The van der Waals surface area contributed by atoms with E-state index in [-0.39, 0.29) is 11.1 Å². The number of hydrogen-bond donors (Lipinski definition) is 2. The molecule has 0 fully saturated rings. The molecule has 1 atom stereocenters. The quantitative estimate of drug-likeness (QED) is 0.141. The van der Waals surface area contributed by atoms with Crippen LogP contribution in [0.2, 0.25) is 0 Å². The second kappa shape index (κ2) is 16.0. The van der Waals surface area contributed by atoms with Crippen molar-refractivity contribution in [2.24, 2.45) is 0 Å². The first-order valence-corrected chi connectivity index (χ1v) is 16.1. The summed E-state index contributed by atoms with van der Waals surface area (Å²) in [5, 5.41) is 3.52. The second-order valence-corrected chi connectivity index (χ2v) is 12.1. The zero-order chi connectivity index (χ0) is 26.3. The van der Waals surface area contributed by atoms with Crippen LogP contribution < -0.4 is 10.2 Å². The van der Waals surface area contributed by atoms with Gasteiger partial charge in [-0.05, 0) is 36.6 Å². The summed E-state index contributed by atoms with van der Waals surface area (Å²) in [5.74, 6) is 0. The minimum Gasteiger partial charge on any atom is -0.363 e. The second-order valence-electron chi connectivity index (χ2n) is 10.7. The Morgan fingerprint density at radius 3 is 1.84 bits per heavy atom. The van der Waals surface area contributed by atoms with Crippen LogP contribution in [0.3, 0.4) is 0 Å². The lowest BCUT2D eigenvalue weighted by atomic mass is 10.0. The van der Waals surface area contributed by atoms with Gasteiger partial charge in [-0.15, -0.1) is 0 Å². The maximum absolute atomic E-state index is 11.6. The number of fused-ring (bicyclic) bond motifs is 1. The largest absolute Gasteiger partial charge is 0.363 e. The van der Waals surface area contributed by atoms with Gasteiger partial charge in [-0.3, -0.25) is 4.55 Å². The standard InChI is InChI=1S/C31H48N2O3S/c1-2-3-4-5-6-7-8-9-10-11-12-13-14-15-19-22-31-32-29-25-28(37(34,35)36)23-24-30(29)33(31)26-27-20-17-16-18-21-27/h16-18,20-21,23-25,31-32H,2-15,19,22,26H2,1H3,(H,34,35,36). The van der Waals surface area contributed by atoms with Gasteiger partial charge in [0.25, 0.3) is 10.1 Å². The predicted molar refractivity (Wildman–Crippen MR) is 156 cm³/mol. The summed E-state index contributed by atoms with van der Waals surface area (Å²) in [6.45, 7) is 3.04. The normalized spacial score (nSPS) is 15.1. The summed E-state index contributed by atoms with van der Waals surface area (Å²) in [7, 11) is -4.22. The monoisotopic (exact) mass is 528 g/mol. The van der Waals surface area contributed by atoms with Gasteiger partial charge in [0.2, 0.25) is 0 Å². The number of rotatable bonds is 19. The molecule has 1 heterocycles. The highest BCUT2D eigenvalue weighted by Crippen LogP contribution is 2.38. The molecule has 1 unspecified atom stereocenters. The van der Waals surface area contributed by atoms with Crippen LogP contribution in [-0.2, 0) is 16.7 Å². The number of hydrogen-bond acceptors (Lipinski definition) is 4. The number of benzene rings is 2. The Balaban J connectivity index is 1.35. The third kappa shape index (κ3) is 10.3. The first kappa shape index (κ1) is 29.5. The van der Waals surface area contributed by atoms with E-state index in [1.807, 2.05) is 18.2 Å². The molecule has 206 valence electrons. The van der Waals surface area contributed by atoms with E-state index in [0.29, 0.717) is 0 Å². The van der Waals surface area contributed by atoms with Gasteiger partial charge in [0.1, 0.15) is 0 Å². The van der Waals surface area contributed by atoms with E-state index < -0.39 is 10.1 Å². The summed E-state index contributed by atoms with van der Waals surface area (Å²) in [5.41, 5.74) is 2.98. The maximum atomic E-state index is 11.6. The van der Waals surface area contributed by atoms with Crippen LogP contribution in [0.1, 0.15) is 115 Å². The van der Waals surface area contributed by atoms with Crippen LogP contribution in [0.15, 0.2) is 53.4 Å². The number of nitrogens with one attached hydrogen (secondary N) is 1. The van der Waals surface area contributed by atoms with Crippen LogP contribution in [0.4, 0.5) is 11.4 Å². The summed E-state index contributed by atoms with van der Waals surface area (Å²) >= 11 is 0. The van der Waals surface area contributed by atoms with Crippen LogP contribution in [-0.4, -0.2) is 19.1 Å². The van der Waals surface area contributed by atoms with Crippen molar-refractivity contribution in [3.63, 3.8) is 0 Å². The molecule has 0 aromatic heterocycles. The fourth-order valence-electron chi connectivity index (χ4n) is 5.38. The van der Waals surface area contributed by atoms with Crippen molar-refractivity contribution in [1.29, 1.82) is 0 Å². The van der Waals surface area contributed by atoms with Crippen molar-refractivity contribution >= 4 is 21.5 Å². The van der Waals surface area contributed by atoms with Gasteiger partial charge >= 0.3 is 0 Å². The van der Waals surface area contributed by atoms with Crippen molar-refractivity contribution < 1.29 is 13.0 Å². The van der Waals surface area contributed by atoms with E-state index in [4.69, 9.17) is 0 Å². The zero-order valence-electron chi connectivity index (χ0n) is 22.8. The molecule has 0 spiro atoms. The van der Waals surface area contributed by atoms with Crippen molar-refractivity contribution in [2.75, 3.05) is 10.2 Å². The summed E-state index contributed by atoms with van der Waals surface area (Å²) in [6.07, 6.45) is 21.4. The molecular formula is C31H48N2O3S. The molecule has 0 radical (unpaired) electrons. The molecule has 6 heteroatoms. The molecule has 0 bridgehead atoms. The molecule has 0 saturated carbocycles. The molecular weight excluding hydrogens is 480 g/mol. The number of unbranched alkanes of at least 4 members (excludes halogenated alkanes) is 14. The van der Waals surface area contributed by atoms with Crippen molar-refractivity contribution in [1.82, 2.24) is 0 Å². The Kier molecular flexibility index (Phi) is 12.8. The first-order valence-electron chi connectivity index (χ1n) is 14.7. The zero-order valence-corrected chi connectivity index (χ0v) is 23.7. The minimum absolute atomic E-state index is 0.0639. The molecule has 1 aliphatic rings. The minimum atomic E-state index is -4.22. The lowest BCUT2D eigenvalue weighted by Crippen LogP contribution is -2.35. The predicted octanol–water partition coefficient (Wildman–Crippen LogP) is 8.95. The highest BCUT2D eigenvalue weighted by molar-refractivity contribution is 7.85. The number of nitrogens with zero attached hydrogens (tertiary/aromatic N) is 1. The molecule has 2 N–H and O–H groups in total. The summed E-state index contributed by atoms with van der Waals surface area (Å²) in [6, 6.07) is 15.2. The Bertz CT molecular complexity index is 1010. The van der Waals surface area contributed by atoms with Crippen LogP contribution in [0.5, 0.6) is 0 Å². The molecule has 2 aromatic carbocycles. The Labute approximate surface area is 225 Å². The van der Waals surface area contributed by atoms with E-state index in [1.54, 1.807) is 12.1 Å². The number of anilines is 2. The van der Waals surface area contributed by atoms with E-state index in [1.165, 1.54) is 102 Å². The topological polar surface area (TPSA) is 69.6 Å².